The highest BCUT2D eigenvalue weighted by Gasteiger charge is 2.59. The summed E-state index contributed by atoms with van der Waals surface area (Å²) in [6, 6.07) is 0. The molecule has 182 valence electrons. The van der Waals surface area contributed by atoms with Gasteiger partial charge in [0.05, 0.1) is 0 Å². The lowest BCUT2D eigenvalue weighted by Crippen LogP contribution is -2.51. The molecule has 3 fully saturated rings. The monoisotopic (exact) mass is 442 g/mol. The first-order valence-corrected chi connectivity index (χ1v) is 14.0. The van der Waals surface area contributed by atoms with Crippen LogP contribution in [0.1, 0.15) is 112 Å². The third-order valence-corrected chi connectivity index (χ3v) is 11.5. The molecule has 0 unspecified atom stereocenters. The molecule has 0 aromatic carbocycles. The molecule has 0 saturated heterocycles. The Morgan fingerprint density at radius 2 is 1.84 bits per heavy atom. The topological polar surface area (TPSA) is 26.3 Å². The zero-order valence-electron chi connectivity index (χ0n) is 21.9. The molecule has 0 spiro atoms. The molecule has 0 aliphatic heterocycles. The van der Waals surface area contributed by atoms with Crippen molar-refractivity contribution in [2.45, 2.75) is 118 Å². The van der Waals surface area contributed by atoms with Crippen LogP contribution in [0.5, 0.6) is 0 Å². The number of ether oxygens (including phenoxy) is 1. The number of allylic oxidation sites excluding steroid dienone is 1. The standard InChI is InChI=1S/C30H50O2/c1-7-22(20(2)3)9-8-21(4)26-12-13-27-25-11-10-23-18-24(32-19-31)14-16-29(23,5)28(25)15-17-30(26,27)6/h10,19-22,24-28H,7-9,11-18H2,1-6H3/t21-,22-,24+,25+,26-,27+,28+,29+,30-/m1/s1. The molecule has 0 N–H and O–H groups in total. The number of hydrogen-bond donors (Lipinski definition) is 0. The van der Waals surface area contributed by atoms with Crippen LogP contribution in [-0.4, -0.2) is 12.6 Å². The molecule has 32 heavy (non-hydrogen) atoms. The van der Waals surface area contributed by atoms with Crippen molar-refractivity contribution in [3.05, 3.63) is 11.6 Å². The van der Waals surface area contributed by atoms with Crippen LogP contribution in [0.25, 0.3) is 0 Å². The Balaban J connectivity index is 1.46. The van der Waals surface area contributed by atoms with E-state index < -0.39 is 0 Å². The Morgan fingerprint density at radius 1 is 1.06 bits per heavy atom. The van der Waals surface area contributed by atoms with Crippen LogP contribution in [0.15, 0.2) is 11.6 Å². The van der Waals surface area contributed by atoms with E-state index in [0.717, 1.165) is 54.3 Å². The molecule has 3 saturated carbocycles. The van der Waals surface area contributed by atoms with Gasteiger partial charge in [-0.2, -0.15) is 0 Å². The Morgan fingerprint density at radius 3 is 2.53 bits per heavy atom. The van der Waals surface area contributed by atoms with Crippen LogP contribution in [0.3, 0.4) is 0 Å². The van der Waals surface area contributed by atoms with E-state index in [1.165, 1.54) is 57.8 Å². The van der Waals surface area contributed by atoms with Gasteiger partial charge in [-0.1, -0.05) is 66.0 Å². The van der Waals surface area contributed by atoms with Crippen LogP contribution in [-0.2, 0) is 9.53 Å². The maximum Gasteiger partial charge on any atom is 0.293 e. The predicted molar refractivity (Wildman–Crippen MR) is 133 cm³/mol. The summed E-state index contributed by atoms with van der Waals surface area (Å²) >= 11 is 0. The number of rotatable bonds is 8. The Kier molecular flexibility index (Phi) is 7.19. The van der Waals surface area contributed by atoms with Gasteiger partial charge in [-0.15, -0.1) is 0 Å². The number of hydrogen-bond acceptors (Lipinski definition) is 2. The van der Waals surface area contributed by atoms with Crippen LogP contribution in [0, 0.1) is 52.3 Å². The van der Waals surface area contributed by atoms with Gasteiger partial charge in [-0.05, 0) is 104 Å². The minimum Gasteiger partial charge on any atom is -0.464 e. The molecular formula is C30H50O2. The second-order valence-corrected chi connectivity index (χ2v) is 13.1. The van der Waals surface area contributed by atoms with Crippen LogP contribution >= 0.6 is 0 Å². The van der Waals surface area contributed by atoms with Crippen LogP contribution < -0.4 is 0 Å². The third-order valence-electron chi connectivity index (χ3n) is 11.5. The molecule has 0 aromatic rings. The van der Waals surface area contributed by atoms with E-state index in [1.54, 1.807) is 5.57 Å². The molecule has 4 rings (SSSR count). The molecule has 2 heteroatoms. The smallest absolute Gasteiger partial charge is 0.293 e. The van der Waals surface area contributed by atoms with Crippen molar-refractivity contribution >= 4 is 6.47 Å². The van der Waals surface area contributed by atoms with Crippen molar-refractivity contribution < 1.29 is 9.53 Å². The van der Waals surface area contributed by atoms with E-state index in [4.69, 9.17) is 4.74 Å². The normalized spacial score (nSPS) is 43.0. The third kappa shape index (κ3) is 4.11. The molecule has 0 radical (unpaired) electrons. The van der Waals surface area contributed by atoms with Gasteiger partial charge in [0, 0.05) is 6.42 Å². The van der Waals surface area contributed by atoms with E-state index in [2.05, 4.69) is 47.6 Å². The fraction of sp³-hybridized carbons (Fsp3) is 0.900. The molecule has 0 amide bonds. The average Bonchev–Trinajstić information content (AvgIpc) is 3.11. The predicted octanol–water partition coefficient (Wildman–Crippen LogP) is 8.21. The van der Waals surface area contributed by atoms with Gasteiger partial charge in [-0.25, -0.2) is 0 Å². The molecular weight excluding hydrogens is 392 g/mol. The summed E-state index contributed by atoms with van der Waals surface area (Å²) in [5.41, 5.74) is 2.52. The Hall–Kier alpha value is -0.790. The van der Waals surface area contributed by atoms with Crippen LogP contribution in [0.2, 0.25) is 0 Å². The Bertz CT molecular complexity index is 695. The quantitative estimate of drug-likeness (QED) is 0.280. The van der Waals surface area contributed by atoms with Gasteiger partial charge in [0.2, 0.25) is 0 Å². The van der Waals surface area contributed by atoms with Crippen molar-refractivity contribution in [3.8, 4) is 0 Å². The zero-order valence-corrected chi connectivity index (χ0v) is 21.9. The fourth-order valence-corrected chi connectivity index (χ4v) is 9.48. The number of carbonyl (C=O) groups excluding carboxylic acids is 1. The maximum atomic E-state index is 10.9. The van der Waals surface area contributed by atoms with Gasteiger partial charge in [0.1, 0.15) is 6.10 Å². The summed E-state index contributed by atoms with van der Waals surface area (Å²) in [4.78, 5) is 10.9. The number of carbonyl (C=O) groups is 1. The summed E-state index contributed by atoms with van der Waals surface area (Å²) in [7, 11) is 0. The minimum absolute atomic E-state index is 0.117. The molecule has 0 aromatic heterocycles. The van der Waals surface area contributed by atoms with E-state index in [1.807, 2.05) is 0 Å². The summed E-state index contributed by atoms with van der Waals surface area (Å²) in [6.07, 6.45) is 17.2. The molecule has 2 nitrogen and oxygen atoms in total. The summed E-state index contributed by atoms with van der Waals surface area (Å²) < 4.78 is 5.38. The lowest BCUT2D eigenvalue weighted by molar-refractivity contribution is -0.136. The van der Waals surface area contributed by atoms with E-state index >= 15 is 0 Å². The number of fused-ring (bicyclic) bond motifs is 5. The molecule has 0 bridgehead atoms. The summed E-state index contributed by atoms with van der Waals surface area (Å²) in [5.74, 6) is 6.16. The highest BCUT2D eigenvalue weighted by Crippen LogP contribution is 2.67. The van der Waals surface area contributed by atoms with Crippen molar-refractivity contribution in [2.24, 2.45) is 52.3 Å². The van der Waals surface area contributed by atoms with Gasteiger partial charge in [0.25, 0.3) is 6.47 Å². The second-order valence-electron chi connectivity index (χ2n) is 13.1. The minimum atomic E-state index is 0.117. The second kappa shape index (κ2) is 9.46. The van der Waals surface area contributed by atoms with Crippen molar-refractivity contribution in [1.82, 2.24) is 0 Å². The molecule has 4 aliphatic rings. The van der Waals surface area contributed by atoms with Gasteiger partial charge < -0.3 is 4.74 Å². The van der Waals surface area contributed by atoms with E-state index in [-0.39, 0.29) is 6.10 Å². The van der Waals surface area contributed by atoms with Crippen molar-refractivity contribution in [2.75, 3.05) is 0 Å². The largest absolute Gasteiger partial charge is 0.464 e. The lowest BCUT2D eigenvalue weighted by Gasteiger charge is -2.58. The Labute approximate surface area is 198 Å². The van der Waals surface area contributed by atoms with Gasteiger partial charge in [0.15, 0.2) is 0 Å². The zero-order chi connectivity index (χ0) is 23.1. The van der Waals surface area contributed by atoms with Gasteiger partial charge in [-0.3, -0.25) is 4.79 Å². The first kappa shape index (κ1) is 24.3. The highest BCUT2D eigenvalue weighted by molar-refractivity contribution is 5.38. The molecule has 9 atom stereocenters. The SMILES string of the molecule is CC[C@H](CC[C@@H](C)[C@H]1CC[C@H]2[C@@H]3CC=C4C[C@@H](OC=O)CC[C@]4(C)[C@H]3CC[C@]12C)C(C)C. The van der Waals surface area contributed by atoms with Crippen LogP contribution in [0.4, 0.5) is 0 Å². The molecule has 0 heterocycles. The van der Waals surface area contributed by atoms with E-state index in [9.17, 15) is 4.79 Å². The first-order chi connectivity index (χ1) is 15.2. The molecule has 4 aliphatic carbocycles. The maximum absolute atomic E-state index is 10.9. The average molecular weight is 443 g/mol. The summed E-state index contributed by atoms with van der Waals surface area (Å²) in [5, 5.41) is 0. The summed E-state index contributed by atoms with van der Waals surface area (Å²) in [6.45, 7) is 15.7. The van der Waals surface area contributed by atoms with Crippen molar-refractivity contribution in [3.63, 3.8) is 0 Å². The first-order valence-electron chi connectivity index (χ1n) is 14.0. The van der Waals surface area contributed by atoms with E-state index in [0.29, 0.717) is 17.3 Å². The van der Waals surface area contributed by atoms with Crippen molar-refractivity contribution in [1.29, 1.82) is 0 Å². The highest BCUT2D eigenvalue weighted by atomic mass is 16.5. The van der Waals surface area contributed by atoms with Gasteiger partial charge >= 0.3 is 0 Å². The lowest BCUT2D eigenvalue weighted by atomic mass is 9.47. The fourth-order valence-electron chi connectivity index (χ4n) is 9.48.